The number of ether oxygens (including phenoxy) is 3. The highest BCUT2D eigenvalue weighted by atomic mass is 16.5. The van der Waals surface area contributed by atoms with Crippen LogP contribution < -0.4 is 15.4 Å². The largest absolute Gasteiger partial charge is 0.497 e. The van der Waals surface area contributed by atoms with Crippen LogP contribution in [0.4, 0.5) is 0 Å². The predicted molar refractivity (Wildman–Crippen MR) is 159 cm³/mol. The summed E-state index contributed by atoms with van der Waals surface area (Å²) < 4.78 is 18.4. The lowest BCUT2D eigenvalue weighted by Crippen LogP contribution is -2.75. The van der Waals surface area contributed by atoms with E-state index in [1.54, 1.807) is 12.0 Å². The molecule has 232 valence electrons. The first-order chi connectivity index (χ1) is 20.9. The summed E-state index contributed by atoms with van der Waals surface area (Å²) in [6.07, 6.45) is 5.06. The van der Waals surface area contributed by atoms with E-state index in [-0.39, 0.29) is 36.2 Å². The Balaban J connectivity index is 1.24. The highest BCUT2D eigenvalue weighted by molar-refractivity contribution is 5.94. The van der Waals surface area contributed by atoms with Gasteiger partial charge in [0, 0.05) is 38.0 Å². The molecule has 11 nitrogen and oxygen atoms in total. The van der Waals surface area contributed by atoms with E-state index in [0.29, 0.717) is 51.7 Å². The molecule has 2 N–H and O–H groups in total. The fourth-order valence-corrected chi connectivity index (χ4v) is 7.81. The molecule has 43 heavy (non-hydrogen) atoms. The highest BCUT2D eigenvalue weighted by Gasteiger charge is 2.56. The van der Waals surface area contributed by atoms with Gasteiger partial charge < -0.3 is 24.0 Å². The first kappa shape index (κ1) is 30.2. The standard InChI is InChI=1S/C32H44N6O5/c1-4-27(39)38-15-14-37(18-23(38)10-12-33)30-26-9-11-32(17-22-16-25(41-3)8-7-21(22)19-43-32)29(40)28(26)34-31(35-30)42-20-24-6-5-13-36(24)2/h4,7-8,16,23-24,26,28,30-31,34-35H,1,5-6,9-11,13-15,17-20H2,2-3H3/t23?,24?,26?,28?,30?,31?,32-/m0/s1. The zero-order valence-corrected chi connectivity index (χ0v) is 25.3. The SMILES string of the molecule is C=CC(=O)N1CCN(C2NC(OCC3CCCN3C)NC3C(=O)[C@]4(CCC32)Cc2cc(OC)ccc2CO4)CC1CC#N. The van der Waals surface area contributed by atoms with E-state index in [1.165, 1.54) is 6.08 Å². The molecule has 4 aliphatic heterocycles. The van der Waals surface area contributed by atoms with E-state index in [4.69, 9.17) is 14.2 Å². The van der Waals surface area contributed by atoms with E-state index in [0.717, 1.165) is 42.7 Å². The number of Topliss-reactive ketones (excluding diaryl/α,β-unsaturated/α-hetero) is 1. The first-order valence-corrected chi connectivity index (χ1v) is 15.6. The van der Waals surface area contributed by atoms with Crippen molar-refractivity contribution in [1.29, 1.82) is 5.26 Å². The number of nitrogens with zero attached hydrogens (tertiary/aromatic N) is 4. The topological polar surface area (TPSA) is 119 Å². The van der Waals surface area contributed by atoms with Gasteiger partial charge in [-0.3, -0.25) is 25.1 Å². The molecule has 1 saturated carbocycles. The molecule has 1 aromatic rings. The summed E-state index contributed by atoms with van der Waals surface area (Å²) in [5.41, 5.74) is 1.29. The number of fused-ring (bicyclic) bond motifs is 2. The molecule has 0 bridgehead atoms. The minimum Gasteiger partial charge on any atom is -0.497 e. The van der Waals surface area contributed by atoms with Gasteiger partial charge in [-0.1, -0.05) is 12.6 Å². The number of hydrogen-bond donors (Lipinski definition) is 2. The van der Waals surface area contributed by atoms with Gasteiger partial charge in [-0.05, 0) is 68.6 Å². The molecule has 1 amide bonds. The second-order valence-electron chi connectivity index (χ2n) is 12.7. The number of rotatable bonds is 7. The van der Waals surface area contributed by atoms with Gasteiger partial charge in [-0.25, -0.2) is 0 Å². The van der Waals surface area contributed by atoms with Gasteiger partial charge in [0.2, 0.25) is 5.91 Å². The van der Waals surface area contributed by atoms with Crippen molar-refractivity contribution >= 4 is 11.7 Å². The third kappa shape index (κ3) is 5.84. The van der Waals surface area contributed by atoms with Crippen molar-refractivity contribution in [3.63, 3.8) is 0 Å². The number of likely N-dealkylation sites (N-methyl/N-ethyl adjacent to an activating group) is 1. The molecule has 3 saturated heterocycles. The normalized spacial score (nSPS) is 34.8. The minimum atomic E-state index is -0.899. The fourth-order valence-electron chi connectivity index (χ4n) is 7.81. The Bertz CT molecular complexity index is 1270. The lowest BCUT2D eigenvalue weighted by Gasteiger charge is -2.55. The molecule has 1 aliphatic carbocycles. The van der Waals surface area contributed by atoms with Gasteiger partial charge in [0.25, 0.3) is 0 Å². The number of nitrogens with one attached hydrogen (secondary N) is 2. The Labute approximate surface area is 254 Å². The van der Waals surface area contributed by atoms with Crippen LogP contribution in [0.1, 0.15) is 43.2 Å². The molecule has 4 fully saturated rings. The number of piperazine rings is 1. The molecule has 1 aromatic carbocycles. The van der Waals surface area contributed by atoms with E-state index in [2.05, 4.69) is 40.1 Å². The minimum absolute atomic E-state index is 0.0215. The first-order valence-electron chi connectivity index (χ1n) is 15.6. The van der Waals surface area contributed by atoms with Crippen LogP contribution in [-0.2, 0) is 32.1 Å². The molecular weight excluding hydrogens is 548 g/mol. The third-order valence-corrected chi connectivity index (χ3v) is 10.3. The van der Waals surface area contributed by atoms with Crippen molar-refractivity contribution in [2.75, 3.05) is 46.9 Å². The highest BCUT2D eigenvalue weighted by Crippen LogP contribution is 2.42. The van der Waals surface area contributed by atoms with Crippen molar-refractivity contribution in [3.05, 3.63) is 42.0 Å². The number of hydrogen-bond acceptors (Lipinski definition) is 10. The summed E-state index contributed by atoms with van der Waals surface area (Å²) in [6.45, 7) is 7.33. The Morgan fingerprint density at radius 1 is 1.23 bits per heavy atom. The maximum Gasteiger partial charge on any atom is 0.246 e. The van der Waals surface area contributed by atoms with Crippen molar-refractivity contribution in [3.8, 4) is 11.8 Å². The lowest BCUT2D eigenvalue weighted by molar-refractivity contribution is -0.173. The maximum absolute atomic E-state index is 14.5. The van der Waals surface area contributed by atoms with Crippen molar-refractivity contribution in [2.45, 2.75) is 81.4 Å². The van der Waals surface area contributed by atoms with Crippen LogP contribution in [0, 0.1) is 17.2 Å². The summed E-state index contributed by atoms with van der Waals surface area (Å²) in [5, 5.41) is 16.8. The number of carbonyl (C=O) groups excluding carboxylic acids is 2. The van der Waals surface area contributed by atoms with Crippen LogP contribution in [0.15, 0.2) is 30.9 Å². The van der Waals surface area contributed by atoms with Gasteiger partial charge >= 0.3 is 0 Å². The molecule has 1 spiro atoms. The average molecular weight is 593 g/mol. The van der Waals surface area contributed by atoms with Crippen molar-refractivity contribution in [1.82, 2.24) is 25.3 Å². The van der Waals surface area contributed by atoms with E-state index >= 15 is 0 Å². The number of amides is 1. The number of nitriles is 1. The summed E-state index contributed by atoms with van der Waals surface area (Å²) in [4.78, 5) is 33.4. The molecule has 0 radical (unpaired) electrons. The number of methoxy groups -OCH3 is 1. The molecule has 7 atom stereocenters. The van der Waals surface area contributed by atoms with Crippen LogP contribution in [0.2, 0.25) is 0 Å². The summed E-state index contributed by atoms with van der Waals surface area (Å²) in [5.74, 6) is 0.679. The van der Waals surface area contributed by atoms with E-state index < -0.39 is 18.0 Å². The van der Waals surface area contributed by atoms with Gasteiger partial charge in [-0.15, -0.1) is 0 Å². The molecule has 6 rings (SSSR count). The second kappa shape index (κ2) is 12.6. The van der Waals surface area contributed by atoms with Crippen molar-refractivity contribution in [2.24, 2.45) is 5.92 Å². The summed E-state index contributed by atoms with van der Waals surface area (Å²) in [6, 6.07) is 7.88. The summed E-state index contributed by atoms with van der Waals surface area (Å²) in [7, 11) is 3.78. The van der Waals surface area contributed by atoms with E-state index in [9.17, 15) is 14.9 Å². The van der Waals surface area contributed by atoms with Gasteiger partial charge in [0.15, 0.2) is 12.1 Å². The molecule has 11 heteroatoms. The van der Waals surface area contributed by atoms with Crippen LogP contribution in [0.25, 0.3) is 0 Å². The number of likely N-dealkylation sites (tertiary alicyclic amines) is 1. The van der Waals surface area contributed by atoms with Crippen LogP contribution >= 0.6 is 0 Å². The van der Waals surface area contributed by atoms with Gasteiger partial charge in [0.05, 0.1) is 51.1 Å². The Kier molecular flexibility index (Phi) is 8.87. The molecular formula is C32H44N6O5. The van der Waals surface area contributed by atoms with Gasteiger partial charge in [0.1, 0.15) is 11.4 Å². The molecule has 5 aliphatic rings. The van der Waals surface area contributed by atoms with Crippen molar-refractivity contribution < 1.29 is 23.8 Å². The Morgan fingerprint density at radius 3 is 2.84 bits per heavy atom. The second-order valence-corrected chi connectivity index (χ2v) is 12.7. The zero-order valence-electron chi connectivity index (χ0n) is 25.3. The third-order valence-electron chi connectivity index (χ3n) is 10.3. The van der Waals surface area contributed by atoms with Crippen LogP contribution in [-0.4, -0.2) is 110 Å². The number of ketones is 1. The Morgan fingerprint density at radius 2 is 2.09 bits per heavy atom. The molecule has 4 heterocycles. The zero-order chi connectivity index (χ0) is 30.1. The summed E-state index contributed by atoms with van der Waals surface area (Å²) >= 11 is 0. The maximum atomic E-state index is 14.5. The quantitative estimate of drug-likeness (QED) is 0.450. The monoisotopic (exact) mass is 592 g/mol. The van der Waals surface area contributed by atoms with Gasteiger partial charge in [-0.2, -0.15) is 5.26 Å². The molecule has 6 unspecified atom stereocenters. The van der Waals surface area contributed by atoms with E-state index in [1.807, 2.05) is 18.2 Å². The molecule has 0 aromatic heterocycles. The Hall–Kier alpha value is -2.85. The number of carbonyl (C=O) groups is 2. The number of benzene rings is 1. The lowest BCUT2D eigenvalue weighted by atomic mass is 9.68. The fraction of sp³-hybridized carbons (Fsp3) is 0.656. The average Bonchev–Trinajstić information content (AvgIpc) is 3.45. The smallest absolute Gasteiger partial charge is 0.246 e. The predicted octanol–water partition coefficient (Wildman–Crippen LogP) is 1.38. The van der Waals surface area contributed by atoms with Crippen LogP contribution in [0.5, 0.6) is 5.75 Å². The van der Waals surface area contributed by atoms with Crippen LogP contribution in [0.3, 0.4) is 0 Å².